The normalized spacial score (nSPS) is 23.4. The molecule has 2 heterocycles. The van der Waals surface area contributed by atoms with Gasteiger partial charge in [0.1, 0.15) is 5.82 Å². The number of carbonyl (C=O) groups is 1. The fraction of sp³-hybridized carbons (Fsp3) is 0.650. The highest BCUT2D eigenvalue weighted by Gasteiger charge is 2.29. The van der Waals surface area contributed by atoms with E-state index in [-0.39, 0.29) is 11.7 Å². The molecule has 3 nitrogen and oxygen atoms in total. The van der Waals surface area contributed by atoms with Gasteiger partial charge >= 0.3 is 0 Å². The smallest absolute Gasteiger partial charge is 0.219 e. The van der Waals surface area contributed by atoms with Crippen LogP contribution in [0.3, 0.4) is 0 Å². The summed E-state index contributed by atoms with van der Waals surface area (Å²) in [6.07, 6.45) is 6.89. The fourth-order valence-electron chi connectivity index (χ4n) is 4.27. The number of rotatable bonds is 4. The van der Waals surface area contributed by atoms with Crippen LogP contribution >= 0.6 is 0 Å². The van der Waals surface area contributed by atoms with Crippen LogP contribution in [-0.4, -0.2) is 47.9 Å². The zero-order chi connectivity index (χ0) is 16.9. The van der Waals surface area contributed by atoms with Crippen molar-refractivity contribution in [1.29, 1.82) is 0 Å². The molecule has 1 aromatic carbocycles. The Kier molecular flexibility index (Phi) is 5.88. The van der Waals surface area contributed by atoms with Crippen LogP contribution in [0.5, 0.6) is 0 Å². The minimum atomic E-state index is -0.130. The Labute approximate surface area is 144 Å². The summed E-state index contributed by atoms with van der Waals surface area (Å²) in [5.74, 6) is 0.794. The predicted molar refractivity (Wildman–Crippen MR) is 94.3 cm³/mol. The standard InChI is InChI=1S/C20H29FN2O/c1-16(24)22-12-9-20(10-13-22)23-11-3-5-18(15-23)8-7-17-4-2-6-19(21)14-17/h2,4,6,14,18,20H,3,5,7-13,15H2,1H3/t18-/m0/s1. The van der Waals surface area contributed by atoms with E-state index in [1.54, 1.807) is 19.1 Å². The maximum Gasteiger partial charge on any atom is 0.219 e. The number of hydrogen-bond donors (Lipinski definition) is 0. The van der Waals surface area contributed by atoms with Crippen LogP contribution in [0.1, 0.15) is 44.6 Å². The van der Waals surface area contributed by atoms with Crippen molar-refractivity contribution in [3.05, 3.63) is 35.6 Å². The molecule has 132 valence electrons. The van der Waals surface area contributed by atoms with E-state index >= 15 is 0 Å². The van der Waals surface area contributed by atoms with Gasteiger partial charge in [-0.05, 0) is 68.7 Å². The van der Waals surface area contributed by atoms with Crippen LogP contribution in [0.15, 0.2) is 24.3 Å². The van der Waals surface area contributed by atoms with Gasteiger partial charge in [-0.2, -0.15) is 0 Å². The second-order valence-electron chi connectivity index (χ2n) is 7.41. The van der Waals surface area contributed by atoms with Crippen molar-refractivity contribution >= 4 is 5.91 Å². The molecule has 0 radical (unpaired) electrons. The summed E-state index contributed by atoms with van der Waals surface area (Å²) in [6, 6.07) is 7.65. The number of piperidine rings is 2. The number of benzene rings is 1. The summed E-state index contributed by atoms with van der Waals surface area (Å²) in [7, 11) is 0. The van der Waals surface area contributed by atoms with E-state index in [1.165, 1.54) is 32.0 Å². The van der Waals surface area contributed by atoms with Crippen molar-refractivity contribution in [2.45, 2.75) is 51.5 Å². The lowest BCUT2D eigenvalue weighted by molar-refractivity contribution is -0.130. The van der Waals surface area contributed by atoms with Crippen LogP contribution in [0.4, 0.5) is 4.39 Å². The van der Waals surface area contributed by atoms with E-state index in [2.05, 4.69) is 4.90 Å². The number of carbonyl (C=O) groups excluding carboxylic acids is 1. The molecule has 1 aromatic rings. The van der Waals surface area contributed by atoms with E-state index in [1.807, 2.05) is 11.0 Å². The Bertz CT molecular complexity index is 554. The largest absolute Gasteiger partial charge is 0.343 e. The molecule has 2 fully saturated rings. The molecule has 4 heteroatoms. The summed E-state index contributed by atoms with van der Waals surface area (Å²) in [5, 5.41) is 0. The van der Waals surface area contributed by atoms with Gasteiger partial charge in [-0.3, -0.25) is 9.69 Å². The van der Waals surface area contributed by atoms with E-state index in [0.717, 1.165) is 44.3 Å². The van der Waals surface area contributed by atoms with Gasteiger partial charge in [0.2, 0.25) is 5.91 Å². The lowest BCUT2D eigenvalue weighted by Gasteiger charge is -2.42. The molecule has 2 aliphatic heterocycles. The summed E-state index contributed by atoms with van der Waals surface area (Å²) in [5.41, 5.74) is 1.11. The highest BCUT2D eigenvalue weighted by Crippen LogP contribution is 2.26. The van der Waals surface area contributed by atoms with Crippen molar-refractivity contribution in [2.24, 2.45) is 5.92 Å². The topological polar surface area (TPSA) is 23.6 Å². The highest BCUT2D eigenvalue weighted by atomic mass is 19.1. The average Bonchev–Trinajstić information content (AvgIpc) is 2.60. The van der Waals surface area contributed by atoms with Crippen molar-refractivity contribution in [3.63, 3.8) is 0 Å². The van der Waals surface area contributed by atoms with Gasteiger partial charge in [-0.15, -0.1) is 0 Å². The first-order valence-corrected chi connectivity index (χ1v) is 9.36. The Hall–Kier alpha value is -1.42. The molecule has 3 rings (SSSR count). The number of aryl methyl sites for hydroxylation is 1. The van der Waals surface area contributed by atoms with E-state index in [9.17, 15) is 9.18 Å². The quantitative estimate of drug-likeness (QED) is 0.843. The summed E-state index contributed by atoms with van der Waals surface area (Å²) in [4.78, 5) is 16.1. The first-order chi connectivity index (χ1) is 11.6. The molecule has 1 amide bonds. The van der Waals surface area contributed by atoms with Gasteiger partial charge in [-0.1, -0.05) is 12.1 Å². The van der Waals surface area contributed by atoms with Crippen molar-refractivity contribution < 1.29 is 9.18 Å². The van der Waals surface area contributed by atoms with Crippen molar-refractivity contribution in [2.75, 3.05) is 26.2 Å². The third-order valence-corrected chi connectivity index (χ3v) is 5.71. The van der Waals surface area contributed by atoms with Gasteiger partial charge in [-0.25, -0.2) is 4.39 Å². The molecular weight excluding hydrogens is 303 g/mol. The number of halogens is 1. The molecule has 0 unspecified atom stereocenters. The molecule has 0 aliphatic carbocycles. The van der Waals surface area contributed by atoms with Crippen LogP contribution in [-0.2, 0) is 11.2 Å². The van der Waals surface area contributed by atoms with Crippen LogP contribution < -0.4 is 0 Å². The zero-order valence-electron chi connectivity index (χ0n) is 14.7. The third kappa shape index (κ3) is 4.56. The minimum absolute atomic E-state index is 0.130. The molecule has 24 heavy (non-hydrogen) atoms. The van der Waals surface area contributed by atoms with Gasteiger partial charge in [0.05, 0.1) is 0 Å². The first-order valence-electron chi connectivity index (χ1n) is 9.36. The van der Waals surface area contributed by atoms with Gasteiger partial charge < -0.3 is 4.90 Å². The molecule has 0 N–H and O–H groups in total. The number of likely N-dealkylation sites (tertiary alicyclic amines) is 2. The SMILES string of the molecule is CC(=O)N1CCC(N2CCC[C@@H](CCc3cccc(F)c3)C2)CC1. The van der Waals surface area contributed by atoms with Crippen molar-refractivity contribution in [3.8, 4) is 0 Å². The average molecular weight is 332 g/mol. The highest BCUT2D eigenvalue weighted by molar-refractivity contribution is 5.73. The molecule has 2 aliphatic rings. The summed E-state index contributed by atoms with van der Waals surface area (Å²) < 4.78 is 13.3. The van der Waals surface area contributed by atoms with E-state index in [0.29, 0.717) is 12.0 Å². The predicted octanol–water partition coefficient (Wildman–Crippen LogP) is 3.48. The lowest BCUT2D eigenvalue weighted by atomic mass is 9.89. The Morgan fingerprint density at radius 2 is 2.00 bits per heavy atom. The summed E-state index contributed by atoms with van der Waals surface area (Å²) >= 11 is 0. The fourth-order valence-corrected chi connectivity index (χ4v) is 4.27. The van der Waals surface area contributed by atoms with Crippen LogP contribution in [0.2, 0.25) is 0 Å². The van der Waals surface area contributed by atoms with Gasteiger partial charge in [0, 0.05) is 32.6 Å². The van der Waals surface area contributed by atoms with E-state index < -0.39 is 0 Å². The number of nitrogens with zero attached hydrogens (tertiary/aromatic N) is 2. The van der Waals surface area contributed by atoms with Gasteiger partial charge in [0.15, 0.2) is 0 Å². The molecule has 2 saturated heterocycles. The third-order valence-electron chi connectivity index (χ3n) is 5.71. The monoisotopic (exact) mass is 332 g/mol. The molecule has 0 saturated carbocycles. The van der Waals surface area contributed by atoms with Crippen molar-refractivity contribution in [1.82, 2.24) is 9.80 Å². The maximum atomic E-state index is 13.3. The number of hydrogen-bond acceptors (Lipinski definition) is 2. The second-order valence-corrected chi connectivity index (χ2v) is 7.41. The molecule has 0 spiro atoms. The lowest BCUT2D eigenvalue weighted by Crippen LogP contribution is -2.49. The summed E-state index contributed by atoms with van der Waals surface area (Å²) in [6.45, 7) is 5.85. The van der Waals surface area contributed by atoms with E-state index in [4.69, 9.17) is 0 Å². The molecule has 1 atom stereocenters. The number of amides is 1. The molecular formula is C20H29FN2O. The Morgan fingerprint density at radius 1 is 1.21 bits per heavy atom. The Balaban J connectivity index is 1.47. The molecule has 0 bridgehead atoms. The Morgan fingerprint density at radius 3 is 2.71 bits per heavy atom. The maximum absolute atomic E-state index is 13.3. The first kappa shape index (κ1) is 17.4. The van der Waals surface area contributed by atoms with Crippen LogP contribution in [0, 0.1) is 11.7 Å². The zero-order valence-corrected chi connectivity index (χ0v) is 14.7. The minimum Gasteiger partial charge on any atom is -0.343 e. The second kappa shape index (κ2) is 8.11. The van der Waals surface area contributed by atoms with Crippen LogP contribution in [0.25, 0.3) is 0 Å². The molecule has 0 aromatic heterocycles. The van der Waals surface area contributed by atoms with Gasteiger partial charge in [0.25, 0.3) is 0 Å².